The molecule has 22 heavy (non-hydrogen) atoms. The molecule has 3 rings (SSSR count). The fraction of sp³-hybridized carbons (Fsp3) is 0.412. The predicted octanol–water partition coefficient (Wildman–Crippen LogP) is 2.23. The van der Waals surface area contributed by atoms with Crippen LogP contribution in [0.4, 0.5) is 4.79 Å². The van der Waals surface area contributed by atoms with Crippen molar-refractivity contribution in [1.82, 2.24) is 4.90 Å². The Labute approximate surface area is 129 Å². The predicted molar refractivity (Wildman–Crippen MR) is 79.8 cm³/mol. The van der Waals surface area contributed by atoms with E-state index in [9.17, 15) is 9.59 Å². The first kappa shape index (κ1) is 14.6. The van der Waals surface area contributed by atoms with Gasteiger partial charge in [0, 0.05) is 19.2 Å². The van der Waals surface area contributed by atoms with Crippen molar-refractivity contribution in [1.29, 1.82) is 0 Å². The van der Waals surface area contributed by atoms with E-state index in [0.29, 0.717) is 37.5 Å². The van der Waals surface area contributed by atoms with E-state index in [1.165, 1.54) is 13.2 Å². The van der Waals surface area contributed by atoms with E-state index in [1.807, 2.05) is 36.4 Å². The van der Waals surface area contributed by atoms with Gasteiger partial charge in [-0.3, -0.25) is 0 Å². The number of allylic oxidation sites excluding steroid dienone is 1. The molecule has 1 aliphatic heterocycles. The Morgan fingerprint density at radius 1 is 1.23 bits per heavy atom. The Balaban J connectivity index is 1.43. The number of piperidine rings is 1. The molecule has 1 amide bonds. The average Bonchev–Trinajstić information content (AvgIpc) is 3.00. The van der Waals surface area contributed by atoms with Gasteiger partial charge in [0.2, 0.25) is 0 Å². The zero-order valence-corrected chi connectivity index (χ0v) is 12.5. The summed E-state index contributed by atoms with van der Waals surface area (Å²) < 4.78 is 9.90. The molecular weight excluding hydrogens is 282 g/mol. The van der Waals surface area contributed by atoms with Crippen LogP contribution in [0.1, 0.15) is 5.56 Å². The second kappa shape index (κ2) is 6.22. The quantitative estimate of drug-likeness (QED) is 0.632. The van der Waals surface area contributed by atoms with Crippen molar-refractivity contribution < 1.29 is 19.1 Å². The minimum atomic E-state index is -0.330. The molecule has 1 saturated carbocycles. The molecule has 0 radical (unpaired) electrons. The molecular formula is C17H19NO4. The molecule has 0 spiro atoms. The number of fused-ring (bicyclic) bond motifs is 1. The van der Waals surface area contributed by atoms with Gasteiger partial charge >= 0.3 is 12.1 Å². The second-order valence-electron chi connectivity index (χ2n) is 5.73. The minimum absolute atomic E-state index is 0.258. The van der Waals surface area contributed by atoms with Crippen molar-refractivity contribution in [3.8, 4) is 0 Å². The van der Waals surface area contributed by atoms with Crippen molar-refractivity contribution >= 4 is 12.1 Å². The highest BCUT2D eigenvalue weighted by Crippen LogP contribution is 2.52. The van der Waals surface area contributed by atoms with Gasteiger partial charge in [-0.2, -0.15) is 0 Å². The number of hydrogen-bond donors (Lipinski definition) is 0. The maximum absolute atomic E-state index is 12.0. The molecule has 2 unspecified atom stereocenters. The number of ether oxygens (including phenoxy) is 2. The van der Waals surface area contributed by atoms with Crippen LogP contribution in [0, 0.1) is 17.8 Å². The molecule has 116 valence electrons. The van der Waals surface area contributed by atoms with Crippen molar-refractivity contribution in [3.05, 3.63) is 48.0 Å². The molecule has 0 aromatic heterocycles. The lowest BCUT2D eigenvalue weighted by atomic mass is 10.2. The summed E-state index contributed by atoms with van der Waals surface area (Å²) in [7, 11) is 1.37. The van der Waals surface area contributed by atoms with Gasteiger partial charge in [0.1, 0.15) is 6.61 Å². The molecule has 2 fully saturated rings. The van der Waals surface area contributed by atoms with Gasteiger partial charge in [-0.15, -0.1) is 0 Å². The lowest BCUT2D eigenvalue weighted by Crippen LogP contribution is -2.31. The maximum Gasteiger partial charge on any atom is 0.410 e. The van der Waals surface area contributed by atoms with Crippen molar-refractivity contribution in [3.63, 3.8) is 0 Å². The number of carbonyl (C=O) groups excluding carboxylic acids is 2. The van der Waals surface area contributed by atoms with Crippen LogP contribution >= 0.6 is 0 Å². The van der Waals surface area contributed by atoms with E-state index < -0.39 is 0 Å². The van der Waals surface area contributed by atoms with E-state index in [2.05, 4.69) is 4.74 Å². The fourth-order valence-electron chi connectivity index (χ4n) is 3.08. The second-order valence-corrected chi connectivity index (χ2v) is 5.73. The van der Waals surface area contributed by atoms with Crippen LogP contribution in [0.15, 0.2) is 42.5 Å². The number of hydrogen-bond acceptors (Lipinski definition) is 4. The molecule has 1 heterocycles. The van der Waals surface area contributed by atoms with E-state index in [4.69, 9.17) is 4.74 Å². The third-order valence-electron chi connectivity index (χ3n) is 4.38. The Kier molecular flexibility index (Phi) is 4.13. The number of amides is 1. The largest absolute Gasteiger partial charge is 0.466 e. The van der Waals surface area contributed by atoms with Gasteiger partial charge in [0.25, 0.3) is 0 Å². The molecule has 5 heteroatoms. The Hall–Kier alpha value is -2.30. The van der Waals surface area contributed by atoms with Gasteiger partial charge in [0.15, 0.2) is 0 Å². The highest BCUT2D eigenvalue weighted by atomic mass is 16.6. The van der Waals surface area contributed by atoms with Crippen LogP contribution < -0.4 is 0 Å². The van der Waals surface area contributed by atoms with E-state index in [0.717, 1.165) is 5.56 Å². The van der Waals surface area contributed by atoms with Gasteiger partial charge in [-0.1, -0.05) is 36.4 Å². The molecule has 2 aliphatic rings. The van der Waals surface area contributed by atoms with Crippen LogP contribution in [-0.4, -0.2) is 37.2 Å². The normalized spacial score (nSPS) is 25.9. The summed E-state index contributed by atoms with van der Waals surface area (Å²) in [6.07, 6.45) is 3.11. The summed E-state index contributed by atoms with van der Waals surface area (Å²) in [6, 6.07) is 9.64. The molecule has 2 atom stereocenters. The number of nitrogens with zero attached hydrogens (tertiary/aromatic N) is 1. The molecule has 1 aliphatic carbocycles. The Bertz CT molecular complexity index is 572. The van der Waals surface area contributed by atoms with Crippen LogP contribution in [-0.2, 0) is 20.9 Å². The molecule has 0 bridgehead atoms. The van der Waals surface area contributed by atoms with Crippen molar-refractivity contribution in [2.75, 3.05) is 20.2 Å². The highest BCUT2D eigenvalue weighted by Gasteiger charge is 2.55. The van der Waals surface area contributed by atoms with E-state index >= 15 is 0 Å². The SMILES string of the molecule is COC(=O)C=CC1C2CN(C(=O)OCc3ccccc3)CC12. The smallest absolute Gasteiger partial charge is 0.410 e. The summed E-state index contributed by atoms with van der Waals surface area (Å²) in [5.74, 6) is 0.955. The van der Waals surface area contributed by atoms with Gasteiger partial charge in [-0.25, -0.2) is 9.59 Å². The summed E-state index contributed by atoms with van der Waals surface area (Å²) >= 11 is 0. The number of carbonyl (C=O) groups is 2. The summed E-state index contributed by atoms with van der Waals surface area (Å²) in [6.45, 7) is 1.71. The van der Waals surface area contributed by atoms with Crippen molar-refractivity contribution in [2.24, 2.45) is 17.8 Å². The first-order chi connectivity index (χ1) is 10.7. The lowest BCUT2D eigenvalue weighted by Gasteiger charge is -2.18. The number of esters is 1. The third-order valence-corrected chi connectivity index (χ3v) is 4.38. The molecule has 0 N–H and O–H groups in total. The number of likely N-dealkylation sites (tertiary alicyclic amines) is 1. The maximum atomic E-state index is 12.0. The first-order valence-corrected chi connectivity index (χ1v) is 7.41. The van der Waals surface area contributed by atoms with Gasteiger partial charge in [0.05, 0.1) is 7.11 Å². The van der Waals surface area contributed by atoms with Gasteiger partial charge in [-0.05, 0) is 23.3 Å². The number of methoxy groups -OCH3 is 1. The first-order valence-electron chi connectivity index (χ1n) is 7.41. The lowest BCUT2D eigenvalue weighted by molar-refractivity contribution is -0.134. The zero-order chi connectivity index (χ0) is 15.5. The Morgan fingerprint density at radius 3 is 2.55 bits per heavy atom. The minimum Gasteiger partial charge on any atom is -0.466 e. The number of rotatable bonds is 4. The van der Waals surface area contributed by atoms with Crippen LogP contribution in [0.5, 0.6) is 0 Å². The molecule has 5 nitrogen and oxygen atoms in total. The van der Waals surface area contributed by atoms with Crippen LogP contribution in [0.25, 0.3) is 0 Å². The monoisotopic (exact) mass is 301 g/mol. The standard InChI is InChI=1S/C17H19NO4/c1-21-16(19)8-7-13-14-9-18(10-15(13)14)17(20)22-11-12-5-3-2-4-6-12/h2-8,13-15H,9-11H2,1H3. The van der Waals surface area contributed by atoms with Crippen LogP contribution in [0.2, 0.25) is 0 Å². The van der Waals surface area contributed by atoms with Crippen LogP contribution in [0.3, 0.4) is 0 Å². The summed E-state index contributed by atoms with van der Waals surface area (Å²) in [4.78, 5) is 24.8. The highest BCUT2D eigenvalue weighted by molar-refractivity contribution is 5.81. The average molecular weight is 301 g/mol. The van der Waals surface area contributed by atoms with E-state index in [-0.39, 0.29) is 12.1 Å². The zero-order valence-electron chi connectivity index (χ0n) is 12.5. The summed E-state index contributed by atoms with van der Waals surface area (Å²) in [5, 5.41) is 0. The summed E-state index contributed by atoms with van der Waals surface area (Å²) in [5.41, 5.74) is 0.985. The molecule has 1 aromatic rings. The molecule has 1 aromatic carbocycles. The van der Waals surface area contributed by atoms with Gasteiger partial charge < -0.3 is 14.4 Å². The molecule has 1 saturated heterocycles. The van der Waals surface area contributed by atoms with E-state index in [1.54, 1.807) is 4.90 Å². The number of benzene rings is 1. The Morgan fingerprint density at radius 2 is 1.91 bits per heavy atom. The topological polar surface area (TPSA) is 55.8 Å². The third kappa shape index (κ3) is 3.13. The fourth-order valence-corrected chi connectivity index (χ4v) is 3.08. The van der Waals surface area contributed by atoms with Crippen molar-refractivity contribution in [2.45, 2.75) is 6.61 Å².